The van der Waals surface area contributed by atoms with Crippen LogP contribution in [0.1, 0.15) is 37.7 Å². The zero-order valence-corrected chi connectivity index (χ0v) is 17.1. The lowest BCUT2D eigenvalue weighted by molar-refractivity contribution is -0.142. The van der Waals surface area contributed by atoms with Crippen molar-refractivity contribution in [2.45, 2.75) is 44.6 Å². The first-order valence-corrected chi connectivity index (χ1v) is 10.9. The SMILES string of the molecule is O=C(CC1COCCN1)N1CCC2(CCC(=O)N(CCc3cccnc3)C2)CC1. The molecule has 3 aliphatic rings. The van der Waals surface area contributed by atoms with E-state index < -0.39 is 0 Å². The van der Waals surface area contributed by atoms with Gasteiger partial charge in [0, 0.05) is 64.0 Å². The van der Waals surface area contributed by atoms with Crippen LogP contribution in [0, 0.1) is 5.41 Å². The maximum atomic E-state index is 12.7. The number of piperidine rings is 2. The van der Waals surface area contributed by atoms with E-state index in [2.05, 4.69) is 16.4 Å². The molecule has 0 aromatic carbocycles. The van der Waals surface area contributed by atoms with Crippen LogP contribution in [0.25, 0.3) is 0 Å². The van der Waals surface area contributed by atoms with Gasteiger partial charge in [-0.2, -0.15) is 0 Å². The van der Waals surface area contributed by atoms with Gasteiger partial charge in [-0.05, 0) is 42.7 Å². The summed E-state index contributed by atoms with van der Waals surface area (Å²) < 4.78 is 5.46. The summed E-state index contributed by atoms with van der Waals surface area (Å²) in [7, 11) is 0. The van der Waals surface area contributed by atoms with Crippen LogP contribution in [0.2, 0.25) is 0 Å². The highest BCUT2D eigenvalue weighted by Gasteiger charge is 2.41. The molecule has 2 amide bonds. The average Bonchev–Trinajstić information content (AvgIpc) is 2.76. The van der Waals surface area contributed by atoms with Gasteiger partial charge >= 0.3 is 0 Å². The smallest absolute Gasteiger partial charge is 0.224 e. The molecular weight excluding hydrogens is 368 g/mol. The fourth-order valence-electron chi connectivity index (χ4n) is 4.85. The Morgan fingerprint density at radius 1 is 1.31 bits per heavy atom. The molecule has 3 saturated heterocycles. The van der Waals surface area contributed by atoms with E-state index in [-0.39, 0.29) is 23.3 Å². The van der Waals surface area contributed by atoms with E-state index >= 15 is 0 Å². The zero-order chi connectivity index (χ0) is 20.1. The second-order valence-electron chi connectivity index (χ2n) is 8.74. The summed E-state index contributed by atoms with van der Waals surface area (Å²) >= 11 is 0. The zero-order valence-electron chi connectivity index (χ0n) is 17.1. The summed E-state index contributed by atoms with van der Waals surface area (Å²) in [5, 5.41) is 3.36. The maximum absolute atomic E-state index is 12.7. The predicted octanol–water partition coefficient (Wildman–Crippen LogP) is 1.23. The number of amides is 2. The average molecular weight is 401 g/mol. The Kier molecular flexibility index (Phi) is 6.45. The van der Waals surface area contributed by atoms with Crippen molar-refractivity contribution in [3.63, 3.8) is 0 Å². The van der Waals surface area contributed by atoms with Gasteiger partial charge in [0.1, 0.15) is 0 Å². The van der Waals surface area contributed by atoms with Gasteiger partial charge in [-0.3, -0.25) is 14.6 Å². The molecule has 1 aromatic heterocycles. The van der Waals surface area contributed by atoms with Gasteiger partial charge in [0.25, 0.3) is 0 Å². The van der Waals surface area contributed by atoms with Crippen LogP contribution in [-0.4, -0.2) is 78.6 Å². The molecule has 0 saturated carbocycles. The van der Waals surface area contributed by atoms with Gasteiger partial charge in [0.15, 0.2) is 0 Å². The first-order valence-electron chi connectivity index (χ1n) is 10.9. The van der Waals surface area contributed by atoms with Crippen molar-refractivity contribution in [3.8, 4) is 0 Å². The standard InChI is InChI=1S/C22H32N4O3/c27-20-3-5-22(17-26(20)10-4-18-2-1-8-23-15-18)6-11-25(12-7-22)21(28)14-19-16-29-13-9-24-19/h1-2,8,15,19,24H,3-7,9-14,16-17H2. The molecule has 1 aromatic rings. The Labute approximate surface area is 172 Å². The number of carbonyl (C=O) groups excluding carboxylic acids is 2. The molecule has 1 unspecified atom stereocenters. The van der Waals surface area contributed by atoms with Crippen LogP contribution in [0.4, 0.5) is 0 Å². The monoisotopic (exact) mass is 400 g/mol. The van der Waals surface area contributed by atoms with Crippen molar-refractivity contribution in [1.82, 2.24) is 20.1 Å². The second-order valence-corrected chi connectivity index (χ2v) is 8.74. The number of morpholine rings is 1. The number of carbonyl (C=O) groups is 2. The number of hydrogen-bond donors (Lipinski definition) is 1. The number of rotatable bonds is 5. The molecule has 1 N–H and O–H groups in total. The molecular formula is C22H32N4O3. The van der Waals surface area contributed by atoms with Gasteiger partial charge in [0.2, 0.25) is 11.8 Å². The Bertz CT molecular complexity index is 697. The summed E-state index contributed by atoms with van der Waals surface area (Å²) in [6.45, 7) is 5.36. The fourth-order valence-corrected chi connectivity index (χ4v) is 4.85. The summed E-state index contributed by atoms with van der Waals surface area (Å²) in [4.78, 5) is 33.4. The van der Waals surface area contributed by atoms with Crippen LogP contribution in [0.15, 0.2) is 24.5 Å². The van der Waals surface area contributed by atoms with Crippen LogP contribution in [0.3, 0.4) is 0 Å². The number of hydrogen-bond acceptors (Lipinski definition) is 5. The van der Waals surface area contributed by atoms with Gasteiger partial charge in [-0.15, -0.1) is 0 Å². The highest BCUT2D eigenvalue weighted by atomic mass is 16.5. The van der Waals surface area contributed by atoms with E-state index in [9.17, 15) is 9.59 Å². The maximum Gasteiger partial charge on any atom is 0.224 e. The first-order chi connectivity index (χ1) is 14.1. The molecule has 1 atom stereocenters. The minimum absolute atomic E-state index is 0.141. The summed E-state index contributed by atoms with van der Waals surface area (Å²) in [6, 6.07) is 4.15. The van der Waals surface area contributed by atoms with Crippen molar-refractivity contribution in [2.24, 2.45) is 5.41 Å². The minimum Gasteiger partial charge on any atom is -0.378 e. The number of nitrogens with zero attached hydrogens (tertiary/aromatic N) is 3. The molecule has 4 heterocycles. The molecule has 29 heavy (non-hydrogen) atoms. The third-order valence-corrected chi connectivity index (χ3v) is 6.74. The molecule has 4 rings (SSSR count). The number of likely N-dealkylation sites (tertiary alicyclic amines) is 2. The molecule has 1 spiro atoms. The highest BCUT2D eigenvalue weighted by molar-refractivity contribution is 5.78. The molecule has 7 nitrogen and oxygen atoms in total. The molecule has 0 aliphatic carbocycles. The number of pyridine rings is 1. The number of ether oxygens (including phenoxy) is 1. The highest BCUT2D eigenvalue weighted by Crippen LogP contribution is 2.40. The largest absolute Gasteiger partial charge is 0.378 e. The van der Waals surface area contributed by atoms with Crippen molar-refractivity contribution in [2.75, 3.05) is 45.9 Å². The summed E-state index contributed by atoms with van der Waals surface area (Å²) in [6.07, 6.45) is 8.57. The third-order valence-electron chi connectivity index (χ3n) is 6.74. The summed E-state index contributed by atoms with van der Waals surface area (Å²) in [5.41, 5.74) is 1.34. The Balaban J connectivity index is 1.27. The quantitative estimate of drug-likeness (QED) is 0.805. The van der Waals surface area contributed by atoms with E-state index in [1.807, 2.05) is 22.1 Å². The van der Waals surface area contributed by atoms with Gasteiger partial charge in [-0.25, -0.2) is 0 Å². The molecule has 0 bridgehead atoms. The topological polar surface area (TPSA) is 74.8 Å². The molecule has 7 heteroatoms. The Morgan fingerprint density at radius 3 is 2.90 bits per heavy atom. The summed E-state index contributed by atoms with van der Waals surface area (Å²) in [5.74, 6) is 0.490. The van der Waals surface area contributed by atoms with E-state index in [1.165, 1.54) is 5.56 Å². The van der Waals surface area contributed by atoms with Gasteiger partial charge in [0.05, 0.1) is 13.2 Å². The lowest BCUT2D eigenvalue weighted by Crippen LogP contribution is -2.53. The number of nitrogens with one attached hydrogen (secondary N) is 1. The molecule has 3 fully saturated rings. The van der Waals surface area contributed by atoms with Crippen LogP contribution < -0.4 is 5.32 Å². The second kappa shape index (κ2) is 9.22. The van der Waals surface area contributed by atoms with E-state index in [0.29, 0.717) is 19.4 Å². The Morgan fingerprint density at radius 2 is 2.17 bits per heavy atom. The van der Waals surface area contributed by atoms with E-state index in [0.717, 1.165) is 65.0 Å². The van der Waals surface area contributed by atoms with E-state index in [4.69, 9.17) is 4.74 Å². The van der Waals surface area contributed by atoms with Gasteiger partial charge < -0.3 is 19.9 Å². The predicted molar refractivity (Wildman–Crippen MR) is 109 cm³/mol. The first kappa shape index (κ1) is 20.3. The van der Waals surface area contributed by atoms with Crippen molar-refractivity contribution in [1.29, 1.82) is 0 Å². The lowest BCUT2D eigenvalue weighted by Gasteiger charge is -2.47. The third kappa shape index (κ3) is 5.14. The minimum atomic E-state index is 0.141. The Hall–Kier alpha value is -1.99. The normalized spacial score (nSPS) is 24.7. The number of aromatic nitrogens is 1. The van der Waals surface area contributed by atoms with Crippen molar-refractivity contribution >= 4 is 11.8 Å². The van der Waals surface area contributed by atoms with Crippen LogP contribution in [0.5, 0.6) is 0 Å². The van der Waals surface area contributed by atoms with Crippen LogP contribution >= 0.6 is 0 Å². The molecule has 0 radical (unpaired) electrons. The van der Waals surface area contributed by atoms with E-state index in [1.54, 1.807) is 6.20 Å². The molecule has 3 aliphatic heterocycles. The van der Waals surface area contributed by atoms with Crippen molar-refractivity contribution < 1.29 is 14.3 Å². The lowest BCUT2D eigenvalue weighted by atomic mass is 9.72. The van der Waals surface area contributed by atoms with Gasteiger partial charge in [-0.1, -0.05) is 6.07 Å². The van der Waals surface area contributed by atoms with Crippen LogP contribution in [-0.2, 0) is 20.7 Å². The fraction of sp³-hybridized carbons (Fsp3) is 0.682. The molecule has 158 valence electrons. The van der Waals surface area contributed by atoms with Crippen molar-refractivity contribution in [3.05, 3.63) is 30.1 Å².